The molecule has 142 valence electrons. The summed E-state index contributed by atoms with van der Waals surface area (Å²) in [6, 6.07) is 13.3. The van der Waals surface area contributed by atoms with E-state index < -0.39 is 5.38 Å². The molecule has 3 heterocycles. The first-order valence-electron chi connectivity index (χ1n) is 9.08. The van der Waals surface area contributed by atoms with Crippen molar-refractivity contribution in [2.24, 2.45) is 0 Å². The molecule has 2 amide bonds. The molecule has 2 aromatic rings. The van der Waals surface area contributed by atoms with Crippen LogP contribution in [0.15, 0.2) is 47.8 Å². The summed E-state index contributed by atoms with van der Waals surface area (Å²) in [4.78, 5) is 30.2. The van der Waals surface area contributed by atoms with E-state index in [-0.39, 0.29) is 16.7 Å². The molecular weight excluding hydrogens is 400 g/mol. The molecule has 4 nitrogen and oxygen atoms in total. The van der Waals surface area contributed by atoms with Gasteiger partial charge in [0.15, 0.2) is 0 Å². The highest BCUT2D eigenvalue weighted by Crippen LogP contribution is 2.45. The van der Waals surface area contributed by atoms with Gasteiger partial charge in [0.25, 0.3) is 5.91 Å². The SMILES string of the molecule is O=C([C@H](Cl)c1ccccc1)N1CCC2(CC1)SCCN2C(=O)c1cccs1. The number of thioether (sulfide) groups is 1. The molecule has 1 spiro atoms. The van der Waals surface area contributed by atoms with Crippen LogP contribution in [-0.2, 0) is 4.79 Å². The summed E-state index contributed by atoms with van der Waals surface area (Å²) in [5.74, 6) is 1.03. The number of carbonyl (C=O) groups excluding carboxylic acids is 2. The summed E-state index contributed by atoms with van der Waals surface area (Å²) < 4.78 is 0. The number of alkyl halides is 1. The van der Waals surface area contributed by atoms with Gasteiger partial charge in [-0.1, -0.05) is 36.4 Å². The third-order valence-corrected chi connectivity index (χ3v) is 8.17. The molecule has 2 fully saturated rings. The summed E-state index contributed by atoms with van der Waals surface area (Å²) in [7, 11) is 0. The minimum Gasteiger partial charge on any atom is -0.341 e. The Labute approximate surface area is 172 Å². The minimum atomic E-state index is -0.652. The number of carbonyl (C=O) groups is 2. The fraction of sp³-hybridized carbons (Fsp3) is 0.400. The van der Waals surface area contributed by atoms with E-state index in [1.807, 2.05) is 69.4 Å². The molecule has 0 bridgehead atoms. The average molecular weight is 421 g/mol. The second kappa shape index (κ2) is 7.86. The van der Waals surface area contributed by atoms with Gasteiger partial charge in [-0.3, -0.25) is 9.59 Å². The first kappa shape index (κ1) is 18.8. The molecule has 0 radical (unpaired) electrons. The van der Waals surface area contributed by atoms with E-state index in [9.17, 15) is 9.59 Å². The van der Waals surface area contributed by atoms with E-state index in [1.165, 1.54) is 11.3 Å². The number of nitrogens with zero attached hydrogens (tertiary/aromatic N) is 2. The number of amides is 2. The molecule has 1 aromatic carbocycles. The first-order valence-corrected chi connectivity index (χ1v) is 11.4. The minimum absolute atomic E-state index is 0.0446. The van der Waals surface area contributed by atoms with Crippen LogP contribution in [-0.4, -0.2) is 51.9 Å². The topological polar surface area (TPSA) is 40.6 Å². The van der Waals surface area contributed by atoms with Crippen LogP contribution in [0.3, 0.4) is 0 Å². The Balaban J connectivity index is 1.43. The van der Waals surface area contributed by atoms with E-state index >= 15 is 0 Å². The molecule has 27 heavy (non-hydrogen) atoms. The van der Waals surface area contributed by atoms with Crippen molar-refractivity contribution in [1.82, 2.24) is 9.80 Å². The molecule has 0 aliphatic carbocycles. The monoisotopic (exact) mass is 420 g/mol. The lowest BCUT2D eigenvalue weighted by molar-refractivity contribution is -0.132. The zero-order valence-electron chi connectivity index (χ0n) is 14.8. The summed E-state index contributed by atoms with van der Waals surface area (Å²) in [5.41, 5.74) is 0.828. The third kappa shape index (κ3) is 3.62. The molecule has 1 aromatic heterocycles. The van der Waals surface area contributed by atoms with Crippen molar-refractivity contribution in [2.45, 2.75) is 23.1 Å². The lowest BCUT2D eigenvalue weighted by Gasteiger charge is -2.44. The van der Waals surface area contributed by atoms with E-state index in [1.54, 1.807) is 0 Å². The number of likely N-dealkylation sites (tertiary alicyclic amines) is 1. The number of halogens is 1. The van der Waals surface area contributed by atoms with Crippen molar-refractivity contribution in [1.29, 1.82) is 0 Å². The Morgan fingerprint density at radius 1 is 1.04 bits per heavy atom. The van der Waals surface area contributed by atoms with E-state index in [4.69, 9.17) is 11.6 Å². The molecule has 7 heteroatoms. The number of benzene rings is 1. The number of hydrogen-bond acceptors (Lipinski definition) is 4. The van der Waals surface area contributed by atoms with Gasteiger partial charge in [0, 0.05) is 25.4 Å². The van der Waals surface area contributed by atoms with Gasteiger partial charge in [0.05, 0.1) is 9.75 Å². The van der Waals surface area contributed by atoms with Crippen molar-refractivity contribution >= 4 is 46.5 Å². The summed E-state index contributed by atoms with van der Waals surface area (Å²) >= 11 is 9.77. The van der Waals surface area contributed by atoms with Crippen molar-refractivity contribution in [3.8, 4) is 0 Å². The number of piperidine rings is 1. The van der Waals surface area contributed by atoms with Gasteiger partial charge in [-0.15, -0.1) is 34.7 Å². The largest absolute Gasteiger partial charge is 0.341 e. The highest BCUT2D eigenvalue weighted by atomic mass is 35.5. The van der Waals surface area contributed by atoms with Crippen LogP contribution in [0.25, 0.3) is 0 Å². The third-order valence-electron chi connectivity index (χ3n) is 5.32. The smallest absolute Gasteiger partial charge is 0.265 e. The second-order valence-corrected chi connectivity index (χ2v) is 9.67. The maximum absolute atomic E-state index is 12.9. The Hall–Kier alpha value is -1.50. The maximum Gasteiger partial charge on any atom is 0.265 e. The Morgan fingerprint density at radius 3 is 2.44 bits per heavy atom. The number of rotatable bonds is 3. The normalized spacial score (nSPS) is 20.0. The van der Waals surface area contributed by atoms with Crippen molar-refractivity contribution in [3.05, 3.63) is 58.3 Å². The van der Waals surface area contributed by atoms with Crippen LogP contribution >= 0.6 is 34.7 Å². The molecule has 0 saturated carbocycles. The zero-order chi connectivity index (χ0) is 18.9. The molecule has 0 unspecified atom stereocenters. The van der Waals surface area contributed by atoms with Gasteiger partial charge in [-0.05, 0) is 29.9 Å². The van der Waals surface area contributed by atoms with E-state index in [2.05, 4.69) is 0 Å². The van der Waals surface area contributed by atoms with Crippen molar-refractivity contribution in [3.63, 3.8) is 0 Å². The molecule has 2 saturated heterocycles. The van der Waals surface area contributed by atoms with E-state index in [0.29, 0.717) is 13.1 Å². The first-order chi connectivity index (χ1) is 13.1. The van der Waals surface area contributed by atoms with Crippen LogP contribution in [0.2, 0.25) is 0 Å². The van der Waals surface area contributed by atoms with Crippen LogP contribution in [0.1, 0.15) is 33.5 Å². The van der Waals surface area contributed by atoms with Crippen LogP contribution < -0.4 is 0 Å². The van der Waals surface area contributed by atoms with Gasteiger partial charge in [-0.25, -0.2) is 0 Å². The average Bonchev–Trinajstić information content (AvgIpc) is 3.38. The lowest BCUT2D eigenvalue weighted by Crippen LogP contribution is -2.53. The summed E-state index contributed by atoms with van der Waals surface area (Å²) in [5, 5.41) is 1.29. The standard InChI is InChI=1S/C20H21ClN2O2S2/c21-17(15-5-2-1-3-6-15)19(25)22-10-8-20(9-11-22)23(12-14-27-20)18(24)16-7-4-13-26-16/h1-7,13,17H,8-12,14H2/t17-/m1/s1. The summed E-state index contributed by atoms with van der Waals surface area (Å²) in [6.45, 7) is 2.05. The van der Waals surface area contributed by atoms with Crippen molar-refractivity contribution in [2.75, 3.05) is 25.4 Å². The molecule has 1 atom stereocenters. The second-order valence-electron chi connectivity index (χ2n) is 6.83. The predicted molar refractivity (Wildman–Crippen MR) is 111 cm³/mol. The molecule has 0 N–H and O–H groups in total. The Kier molecular flexibility index (Phi) is 5.48. The fourth-order valence-electron chi connectivity index (χ4n) is 3.84. The van der Waals surface area contributed by atoms with Gasteiger partial charge in [0.2, 0.25) is 5.91 Å². The van der Waals surface area contributed by atoms with Gasteiger partial charge >= 0.3 is 0 Å². The Morgan fingerprint density at radius 2 is 1.78 bits per heavy atom. The maximum atomic E-state index is 12.9. The number of hydrogen-bond donors (Lipinski definition) is 0. The molecular formula is C20H21ClN2O2S2. The highest BCUT2D eigenvalue weighted by Gasteiger charge is 2.47. The Bertz CT molecular complexity index is 805. The molecule has 2 aliphatic heterocycles. The quantitative estimate of drug-likeness (QED) is 0.697. The zero-order valence-corrected chi connectivity index (χ0v) is 17.2. The molecule has 2 aliphatic rings. The van der Waals surface area contributed by atoms with E-state index in [0.717, 1.165) is 35.6 Å². The number of thiophene rings is 1. The van der Waals surface area contributed by atoms with Gasteiger partial charge < -0.3 is 9.80 Å². The van der Waals surface area contributed by atoms with Gasteiger partial charge in [-0.2, -0.15) is 0 Å². The highest BCUT2D eigenvalue weighted by molar-refractivity contribution is 8.00. The lowest BCUT2D eigenvalue weighted by atomic mass is 10.0. The summed E-state index contributed by atoms with van der Waals surface area (Å²) in [6.07, 6.45) is 1.58. The van der Waals surface area contributed by atoms with Crippen molar-refractivity contribution < 1.29 is 9.59 Å². The van der Waals surface area contributed by atoms with Crippen LogP contribution in [0, 0.1) is 0 Å². The van der Waals surface area contributed by atoms with Crippen LogP contribution in [0.4, 0.5) is 0 Å². The fourth-order valence-corrected chi connectivity index (χ4v) is 6.25. The van der Waals surface area contributed by atoms with Crippen LogP contribution in [0.5, 0.6) is 0 Å². The predicted octanol–water partition coefficient (Wildman–Crippen LogP) is 4.24. The van der Waals surface area contributed by atoms with Gasteiger partial charge in [0.1, 0.15) is 5.38 Å². The molecule has 4 rings (SSSR count).